The Morgan fingerprint density at radius 2 is 2.03 bits per heavy atom. The van der Waals surface area contributed by atoms with E-state index in [4.69, 9.17) is 14.5 Å². The Bertz CT molecular complexity index is 1010. The van der Waals surface area contributed by atoms with E-state index in [0.29, 0.717) is 13.2 Å². The summed E-state index contributed by atoms with van der Waals surface area (Å²) in [6.45, 7) is 9.05. The van der Waals surface area contributed by atoms with Crippen molar-refractivity contribution in [2.45, 2.75) is 58.7 Å². The molecule has 0 radical (unpaired) electrons. The van der Waals surface area contributed by atoms with Crippen molar-refractivity contribution >= 4 is 17.2 Å². The number of fused-ring (bicyclic) bond motifs is 1. The molecule has 1 saturated heterocycles. The van der Waals surface area contributed by atoms with E-state index in [2.05, 4.69) is 29.6 Å². The minimum absolute atomic E-state index is 0.0220. The quantitative estimate of drug-likeness (QED) is 0.616. The molecule has 0 aliphatic carbocycles. The molecule has 2 N–H and O–H groups in total. The molecule has 4 rings (SSSR count). The summed E-state index contributed by atoms with van der Waals surface area (Å²) >= 11 is 0. The van der Waals surface area contributed by atoms with Crippen LogP contribution < -0.4 is 26.2 Å². The van der Waals surface area contributed by atoms with Gasteiger partial charge in [0.1, 0.15) is 11.5 Å². The maximum Gasteiger partial charge on any atom is 0.272 e. The Morgan fingerprint density at radius 3 is 2.71 bits per heavy atom. The molecule has 0 saturated carbocycles. The van der Waals surface area contributed by atoms with Crippen molar-refractivity contribution in [1.29, 1.82) is 0 Å². The summed E-state index contributed by atoms with van der Waals surface area (Å²) in [6.07, 6.45) is 4.57. The van der Waals surface area contributed by atoms with E-state index in [-0.39, 0.29) is 29.4 Å². The van der Waals surface area contributed by atoms with Gasteiger partial charge in [0.15, 0.2) is 5.75 Å². The van der Waals surface area contributed by atoms with Gasteiger partial charge in [-0.2, -0.15) is 5.10 Å². The van der Waals surface area contributed by atoms with E-state index in [0.717, 1.165) is 56.1 Å². The minimum atomic E-state index is -0.555. The van der Waals surface area contributed by atoms with Crippen molar-refractivity contribution in [3.05, 3.63) is 32.2 Å². The average molecular weight is 430 g/mol. The Hall–Kier alpha value is -2.68. The number of rotatable bonds is 8. The van der Waals surface area contributed by atoms with Crippen molar-refractivity contribution < 1.29 is 9.47 Å². The number of aliphatic imine (C=N–C) groups is 1. The van der Waals surface area contributed by atoms with E-state index in [1.165, 1.54) is 0 Å². The molecular weight excluding hydrogens is 398 g/mol. The van der Waals surface area contributed by atoms with E-state index in [9.17, 15) is 9.59 Å². The lowest BCUT2D eigenvalue weighted by atomic mass is 9.85. The zero-order valence-corrected chi connectivity index (χ0v) is 18.4. The molecule has 2 atom stereocenters. The molecule has 0 bridgehead atoms. The molecule has 3 heterocycles. The van der Waals surface area contributed by atoms with Crippen LogP contribution in [0.2, 0.25) is 0 Å². The van der Waals surface area contributed by atoms with Crippen LogP contribution in [0.25, 0.3) is 0 Å². The number of hydrogen-bond acceptors (Lipinski definition) is 8. The van der Waals surface area contributed by atoms with Gasteiger partial charge in [-0.1, -0.05) is 6.92 Å². The standard InChI is InChI=1S/C22H31N5O4/c1-4-16-14(11-23-18-19(28)20(29)21(18)31-6-3)17(25-13-7-9-30-10-8-13)15-12-24-27(5-2)22(15)26-16/h12-14,16,23,26H,4-11H2,1-3H3. The van der Waals surface area contributed by atoms with Crippen LogP contribution in [0, 0.1) is 5.92 Å². The van der Waals surface area contributed by atoms with E-state index in [1.807, 2.05) is 10.9 Å². The van der Waals surface area contributed by atoms with Crippen LogP contribution in [0.1, 0.15) is 45.6 Å². The van der Waals surface area contributed by atoms with E-state index >= 15 is 0 Å². The first-order chi connectivity index (χ1) is 15.1. The second-order valence-electron chi connectivity index (χ2n) is 8.02. The van der Waals surface area contributed by atoms with Gasteiger partial charge in [0.05, 0.1) is 30.1 Å². The summed E-state index contributed by atoms with van der Waals surface area (Å²) in [5.41, 5.74) is 1.24. The van der Waals surface area contributed by atoms with Crippen LogP contribution in [-0.2, 0) is 11.3 Å². The van der Waals surface area contributed by atoms with Crippen LogP contribution in [0.5, 0.6) is 5.75 Å². The molecule has 2 aromatic rings. The Balaban J connectivity index is 1.66. The van der Waals surface area contributed by atoms with Crippen LogP contribution in [0.3, 0.4) is 0 Å². The summed E-state index contributed by atoms with van der Waals surface area (Å²) in [6, 6.07) is 0.340. The van der Waals surface area contributed by atoms with Crippen LogP contribution in [0.4, 0.5) is 11.5 Å². The van der Waals surface area contributed by atoms with E-state index < -0.39 is 10.9 Å². The summed E-state index contributed by atoms with van der Waals surface area (Å²) in [4.78, 5) is 29.1. The molecule has 0 spiro atoms. The summed E-state index contributed by atoms with van der Waals surface area (Å²) in [7, 11) is 0. The first-order valence-corrected chi connectivity index (χ1v) is 11.3. The first-order valence-electron chi connectivity index (χ1n) is 11.3. The molecule has 1 fully saturated rings. The van der Waals surface area contributed by atoms with Crippen molar-refractivity contribution in [1.82, 2.24) is 9.78 Å². The number of aromatic nitrogens is 2. The zero-order valence-electron chi connectivity index (χ0n) is 18.4. The number of nitrogens with zero attached hydrogens (tertiary/aromatic N) is 3. The Kier molecular flexibility index (Phi) is 6.41. The van der Waals surface area contributed by atoms with Gasteiger partial charge in [-0.3, -0.25) is 14.6 Å². The fourth-order valence-electron chi connectivity index (χ4n) is 4.46. The SMILES string of the molecule is CCOc1c(NCC2C(=NC3CCOCC3)c3cnn(CC)c3NC2CC)c(=O)c1=O. The molecule has 31 heavy (non-hydrogen) atoms. The minimum Gasteiger partial charge on any atom is -0.488 e. The summed E-state index contributed by atoms with van der Waals surface area (Å²) < 4.78 is 12.8. The summed E-state index contributed by atoms with van der Waals surface area (Å²) in [5, 5.41) is 11.4. The highest BCUT2D eigenvalue weighted by atomic mass is 16.5. The topological polar surface area (TPSA) is 107 Å². The third kappa shape index (κ3) is 3.98. The first kappa shape index (κ1) is 21.5. The third-order valence-electron chi connectivity index (χ3n) is 6.18. The Labute approximate surface area is 181 Å². The molecule has 0 amide bonds. The van der Waals surface area contributed by atoms with Gasteiger partial charge in [-0.05, 0) is 33.1 Å². The lowest BCUT2D eigenvalue weighted by molar-refractivity contribution is 0.0870. The molecule has 168 valence electrons. The molecule has 1 aromatic heterocycles. The van der Waals surface area contributed by atoms with E-state index in [1.54, 1.807) is 6.92 Å². The smallest absolute Gasteiger partial charge is 0.272 e. The number of aryl methyl sites for hydroxylation is 1. The molecule has 9 heteroatoms. The van der Waals surface area contributed by atoms with Gasteiger partial charge < -0.3 is 20.1 Å². The molecule has 1 aromatic carbocycles. The highest BCUT2D eigenvalue weighted by Gasteiger charge is 2.36. The van der Waals surface area contributed by atoms with Gasteiger partial charge in [0, 0.05) is 38.3 Å². The maximum atomic E-state index is 12.1. The lowest BCUT2D eigenvalue weighted by Crippen LogP contribution is -2.45. The number of anilines is 2. The molecule has 9 nitrogen and oxygen atoms in total. The van der Waals surface area contributed by atoms with Crippen molar-refractivity contribution in [2.24, 2.45) is 10.9 Å². The monoisotopic (exact) mass is 429 g/mol. The summed E-state index contributed by atoms with van der Waals surface area (Å²) in [5.74, 6) is 1.17. The molecule has 2 unspecified atom stereocenters. The lowest BCUT2D eigenvalue weighted by Gasteiger charge is -2.35. The highest BCUT2D eigenvalue weighted by molar-refractivity contribution is 6.08. The van der Waals surface area contributed by atoms with Gasteiger partial charge in [0.2, 0.25) is 0 Å². The third-order valence-corrected chi connectivity index (χ3v) is 6.18. The van der Waals surface area contributed by atoms with Crippen molar-refractivity contribution in [3.63, 3.8) is 0 Å². The molecule has 2 aliphatic heterocycles. The van der Waals surface area contributed by atoms with Gasteiger partial charge in [0.25, 0.3) is 10.9 Å². The Morgan fingerprint density at radius 1 is 1.26 bits per heavy atom. The maximum absolute atomic E-state index is 12.1. The molecular formula is C22H31N5O4. The molecule has 2 aliphatic rings. The normalized spacial score (nSPS) is 23.0. The largest absolute Gasteiger partial charge is 0.488 e. The van der Waals surface area contributed by atoms with Gasteiger partial charge in [-0.15, -0.1) is 0 Å². The second-order valence-corrected chi connectivity index (χ2v) is 8.02. The van der Waals surface area contributed by atoms with Crippen molar-refractivity contribution in [2.75, 3.05) is 37.0 Å². The fourth-order valence-corrected chi connectivity index (χ4v) is 4.46. The second kappa shape index (κ2) is 9.21. The highest BCUT2D eigenvalue weighted by Crippen LogP contribution is 2.32. The van der Waals surface area contributed by atoms with Crippen molar-refractivity contribution in [3.8, 4) is 5.75 Å². The van der Waals surface area contributed by atoms with Gasteiger partial charge >= 0.3 is 0 Å². The fraction of sp³-hybridized carbons (Fsp3) is 0.636. The predicted octanol–water partition coefficient (Wildman–Crippen LogP) is 1.80. The number of hydrogen-bond donors (Lipinski definition) is 2. The van der Waals surface area contributed by atoms with Crippen LogP contribution in [-0.4, -0.2) is 53.9 Å². The number of ether oxygens (including phenoxy) is 2. The van der Waals surface area contributed by atoms with Crippen LogP contribution >= 0.6 is 0 Å². The number of nitrogens with one attached hydrogen (secondary N) is 2. The predicted molar refractivity (Wildman–Crippen MR) is 120 cm³/mol. The zero-order chi connectivity index (χ0) is 22.0. The van der Waals surface area contributed by atoms with Crippen LogP contribution in [0.15, 0.2) is 20.8 Å². The van der Waals surface area contributed by atoms with Gasteiger partial charge in [-0.25, -0.2) is 4.68 Å². The average Bonchev–Trinajstić information content (AvgIpc) is 3.22.